The van der Waals surface area contributed by atoms with Gasteiger partial charge in [-0.15, -0.1) is 0 Å². The summed E-state index contributed by atoms with van der Waals surface area (Å²) < 4.78 is 0. The van der Waals surface area contributed by atoms with Gasteiger partial charge in [-0.1, -0.05) is 0 Å². The average molecular weight is 116 g/mol. The molecule has 1 fully saturated rings. The van der Waals surface area contributed by atoms with Crippen LogP contribution in [0, 0.1) is 0 Å². The van der Waals surface area contributed by atoms with Gasteiger partial charge in [-0.3, -0.25) is 10.6 Å². The molecule has 0 aliphatic carbocycles. The van der Waals surface area contributed by atoms with Crippen molar-refractivity contribution < 1.29 is 5.11 Å². The van der Waals surface area contributed by atoms with Crippen LogP contribution in [0.2, 0.25) is 0 Å². The van der Waals surface area contributed by atoms with Crippen molar-refractivity contribution in [1.82, 2.24) is 10.6 Å². The summed E-state index contributed by atoms with van der Waals surface area (Å²) in [4.78, 5) is 0. The van der Waals surface area contributed by atoms with Gasteiger partial charge < -0.3 is 5.11 Å². The highest BCUT2D eigenvalue weighted by atomic mass is 16.3. The number of aliphatic hydroxyl groups excluding tert-OH is 1. The van der Waals surface area contributed by atoms with Gasteiger partial charge in [0.05, 0.1) is 0 Å². The standard InChI is InChI=1S/C5H12N2O/c1-5(2)3-6-4(8)7-5/h4,6-8H,3H2,1-2H3. The van der Waals surface area contributed by atoms with Gasteiger partial charge in [0, 0.05) is 12.1 Å². The molecule has 0 bridgehead atoms. The Morgan fingerprint density at radius 3 is 2.38 bits per heavy atom. The zero-order chi connectivity index (χ0) is 6.20. The van der Waals surface area contributed by atoms with Crippen molar-refractivity contribution in [2.45, 2.75) is 25.7 Å². The second-order valence-corrected chi connectivity index (χ2v) is 2.81. The maximum absolute atomic E-state index is 8.84. The molecule has 3 N–H and O–H groups in total. The molecule has 0 radical (unpaired) electrons. The molecule has 0 aromatic heterocycles. The minimum absolute atomic E-state index is 0.0550. The molecular formula is C5H12N2O. The molecule has 3 nitrogen and oxygen atoms in total. The van der Waals surface area contributed by atoms with Gasteiger partial charge in [-0.05, 0) is 13.8 Å². The first-order valence-electron chi connectivity index (χ1n) is 2.79. The Labute approximate surface area is 49.1 Å². The van der Waals surface area contributed by atoms with E-state index in [1.54, 1.807) is 0 Å². The van der Waals surface area contributed by atoms with Gasteiger partial charge in [-0.25, -0.2) is 0 Å². The summed E-state index contributed by atoms with van der Waals surface area (Å²) in [6.07, 6.45) is -0.509. The van der Waals surface area contributed by atoms with Crippen LogP contribution in [-0.2, 0) is 0 Å². The topological polar surface area (TPSA) is 44.3 Å². The molecule has 1 heterocycles. The maximum atomic E-state index is 8.84. The van der Waals surface area contributed by atoms with E-state index >= 15 is 0 Å². The second-order valence-electron chi connectivity index (χ2n) is 2.81. The summed E-state index contributed by atoms with van der Waals surface area (Å²) in [5.41, 5.74) is 0.0550. The van der Waals surface area contributed by atoms with Crippen LogP contribution < -0.4 is 10.6 Å². The van der Waals surface area contributed by atoms with Gasteiger partial charge in [0.25, 0.3) is 0 Å². The number of aliphatic hydroxyl groups is 1. The molecule has 1 saturated heterocycles. The predicted octanol–water partition coefficient (Wildman–Crippen LogP) is -0.766. The van der Waals surface area contributed by atoms with Crippen LogP contribution >= 0.6 is 0 Å². The molecular weight excluding hydrogens is 104 g/mol. The first-order chi connectivity index (χ1) is 3.60. The lowest BCUT2D eigenvalue weighted by Gasteiger charge is -2.15. The van der Waals surface area contributed by atoms with E-state index in [2.05, 4.69) is 10.6 Å². The van der Waals surface area contributed by atoms with Crippen LogP contribution in [0.5, 0.6) is 0 Å². The molecule has 3 heteroatoms. The van der Waals surface area contributed by atoms with Crippen molar-refractivity contribution in [1.29, 1.82) is 0 Å². The SMILES string of the molecule is CC1(C)CNC(O)N1. The molecule has 1 unspecified atom stereocenters. The third-order valence-corrected chi connectivity index (χ3v) is 1.26. The monoisotopic (exact) mass is 116 g/mol. The third kappa shape index (κ3) is 1.18. The fourth-order valence-electron chi connectivity index (χ4n) is 0.824. The Kier molecular flexibility index (Phi) is 1.27. The van der Waals surface area contributed by atoms with Crippen molar-refractivity contribution >= 4 is 0 Å². The molecule has 0 aromatic carbocycles. The molecule has 0 spiro atoms. The largest absolute Gasteiger partial charge is 0.365 e. The van der Waals surface area contributed by atoms with Crippen molar-refractivity contribution in [3.05, 3.63) is 0 Å². The van der Waals surface area contributed by atoms with Crippen molar-refractivity contribution in [3.63, 3.8) is 0 Å². The molecule has 1 rings (SSSR count). The Morgan fingerprint density at radius 1 is 1.62 bits per heavy atom. The summed E-state index contributed by atoms with van der Waals surface area (Å²) >= 11 is 0. The fourth-order valence-corrected chi connectivity index (χ4v) is 0.824. The molecule has 48 valence electrons. The average Bonchev–Trinajstić information content (AvgIpc) is 1.82. The van der Waals surface area contributed by atoms with Gasteiger partial charge in [-0.2, -0.15) is 0 Å². The maximum Gasteiger partial charge on any atom is 0.161 e. The summed E-state index contributed by atoms with van der Waals surface area (Å²) in [5, 5.41) is 14.6. The lowest BCUT2D eigenvalue weighted by atomic mass is 10.1. The Hall–Kier alpha value is -0.120. The molecule has 1 atom stereocenters. The van der Waals surface area contributed by atoms with Gasteiger partial charge in [0.2, 0.25) is 0 Å². The predicted molar refractivity (Wildman–Crippen MR) is 31.2 cm³/mol. The van der Waals surface area contributed by atoms with E-state index in [0.717, 1.165) is 6.54 Å². The number of hydrogen-bond donors (Lipinski definition) is 3. The lowest BCUT2D eigenvalue weighted by Crippen LogP contribution is -2.39. The summed E-state index contributed by atoms with van der Waals surface area (Å²) in [7, 11) is 0. The third-order valence-electron chi connectivity index (χ3n) is 1.26. The highest BCUT2D eigenvalue weighted by Crippen LogP contribution is 2.05. The van der Waals surface area contributed by atoms with Gasteiger partial charge in [0.1, 0.15) is 0 Å². The number of nitrogens with one attached hydrogen (secondary N) is 2. The second kappa shape index (κ2) is 1.69. The first kappa shape index (κ1) is 6.01. The normalized spacial score (nSPS) is 35.6. The first-order valence-corrected chi connectivity index (χ1v) is 2.79. The number of rotatable bonds is 0. The van der Waals surface area contributed by atoms with Crippen molar-refractivity contribution in [2.75, 3.05) is 6.54 Å². The van der Waals surface area contributed by atoms with Crippen LogP contribution in [-0.4, -0.2) is 23.5 Å². The van der Waals surface area contributed by atoms with E-state index in [1.807, 2.05) is 13.8 Å². The Balaban J connectivity index is 2.44. The number of hydrogen-bond acceptors (Lipinski definition) is 3. The van der Waals surface area contributed by atoms with E-state index in [0.29, 0.717) is 0 Å². The lowest BCUT2D eigenvalue weighted by molar-refractivity contribution is 0.127. The van der Waals surface area contributed by atoms with Crippen LogP contribution in [0.25, 0.3) is 0 Å². The molecule has 8 heavy (non-hydrogen) atoms. The van der Waals surface area contributed by atoms with Crippen molar-refractivity contribution in [2.24, 2.45) is 0 Å². The van der Waals surface area contributed by atoms with E-state index in [9.17, 15) is 0 Å². The van der Waals surface area contributed by atoms with Gasteiger partial charge in [0.15, 0.2) is 6.35 Å². The molecule has 0 aromatic rings. The van der Waals surface area contributed by atoms with Gasteiger partial charge >= 0.3 is 0 Å². The van der Waals surface area contributed by atoms with E-state index in [1.165, 1.54) is 0 Å². The zero-order valence-electron chi connectivity index (χ0n) is 5.23. The Bertz CT molecular complexity index is 92.4. The smallest absolute Gasteiger partial charge is 0.161 e. The van der Waals surface area contributed by atoms with E-state index < -0.39 is 6.35 Å². The highest BCUT2D eigenvalue weighted by molar-refractivity contribution is 4.86. The molecule has 0 saturated carbocycles. The van der Waals surface area contributed by atoms with Crippen molar-refractivity contribution in [3.8, 4) is 0 Å². The Morgan fingerprint density at radius 2 is 2.25 bits per heavy atom. The quantitative estimate of drug-likeness (QED) is 0.389. The van der Waals surface area contributed by atoms with Crippen LogP contribution in [0.15, 0.2) is 0 Å². The van der Waals surface area contributed by atoms with Crippen LogP contribution in [0.4, 0.5) is 0 Å². The minimum Gasteiger partial charge on any atom is -0.365 e. The molecule has 1 aliphatic heterocycles. The molecule has 1 aliphatic rings. The molecule has 0 amide bonds. The van der Waals surface area contributed by atoms with Crippen LogP contribution in [0.3, 0.4) is 0 Å². The fraction of sp³-hybridized carbons (Fsp3) is 1.00. The summed E-state index contributed by atoms with van der Waals surface area (Å²) in [5.74, 6) is 0. The zero-order valence-corrected chi connectivity index (χ0v) is 5.23. The summed E-state index contributed by atoms with van der Waals surface area (Å²) in [6, 6.07) is 0. The van der Waals surface area contributed by atoms with Crippen LogP contribution in [0.1, 0.15) is 13.8 Å². The highest BCUT2D eigenvalue weighted by Gasteiger charge is 2.27. The summed E-state index contributed by atoms with van der Waals surface area (Å²) in [6.45, 7) is 4.90. The van der Waals surface area contributed by atoms with E-state index in [-0.39, 0.29) is 5.54 Å². The van der Waals surface area contributed by atoms with E-state index in [4.69, 9.17) is 5.11 Å². The minimum atomic E-state index is -0.509.